The van der Waals surface area contributed by atoms with E-state index in [9.17, 15) is 0 Å². The van der Waals surface area contributed by atoms with Crippen molar-refractivity contribution < 1.29 is 0 Å². The minimum absolute atomic E-state index is 0.400. The average Bonchev–Trinajstić information content (AvgIpc) is 2.66. The van der Waals surface area contributed by atoms with E-state index in [1.54, 1.807) is 11.5 Å². The number of nitrogens with one attached hydrogen (secondary N) is 1. The largest absolute Gasteiger partial charge is 0.309 e. The molecule has 16 heavy (non-hydrogen) atoms. The van der Waals surface area contributed by atoms with E-state index in [0.29, 0.717) is 17.9 Å². The maximum Gasteiger partial charge on any atom is 0.0829 e. The molecular weight excluding hydrogens is 218 g/mol. The van der Waals surface area contributed by atoms with Crippen LogP contribution in [-0.4, -0.2) is 16.1 Å². The SMILES string of the molecule is CCCNC(c1snnc1C(C)C)C(C)C. The summed E-state index contributed by atoms with van der Waals surface area (Å²) in [5, 5.41) is 7.85. The molecule has 0 amide bonds. The van der Waals surface area contributed by atoms with Gasteiger partial charge in [-0.3, -0.25) is 0 Å². The highest BCUT2D eigenvalue weighted by molar-refractivity contribution is 7.05. The summed E-state index contributed by atoms with van der Waals surface area (Å²) in [6.07, 6.45) is 1.16. The van der Waals surface area contributed by atoms with E-state index in [1.807, 2.05) is 0 Å². The van der Waals surface area contributed by atoms with Gasteiger partial charge in [-0.15, -0.1) is 5.10 Å². The highest BCUT2D eigenvalue weighted by atomic mass is 32.1. The van der Waals surface area contributed by atoms with Crippen LogP contribution in [0.2, 0.25) is 0 Å². The maximum absolute atomic E-state index is 4.26. The lowest BCUT2D eigenvalue weighted by Crippen LogP contribution is -2.26. The highest BCUT2D eigenvalue weighted by Gasteiger charge is 2.22. The minimum atomic E-state index is 0.400. The molecule has 1 N–H and O–H groups in total. The number of hydrogen-bond donors (Lipinski definition) is 1. The third-order valence-electron chi connectivity index (χ3n) is 2.65. The first-order valence-electron chi connectivity index (χ1n) is 6.13. The van der Waals surface area contributed by atoms with Gasteiger partial charge in [0.2, 0.25) is 0 Å². The van der Waals surface area contributed by atoms with Gasteiger partial charge in [-0.1, -0.05) is 39.1 Å². The molecule has 1 unspecified atom stereocenters. The molecule has 0 radical (unpaired) electrons. The Hall–Kier alpha value is -0.480. The van der Waals surface area contributed by atoms with Crippen LogP contribution in [0.1, 0.15) is 63.6 Å². The van der Waals surface area contributed by atoms with Gasteiger partial charge in [0.05, 0.1) is 10.6 Å². The van der Waals surface area contributed by atoms with Crippen molar-refractivity contribution in [3.8, 4) is 0 Å². The molecule has 0 saturated carbocycles. The molecule has 0 spiro atoms. The first-order valence-corrected chi connectivity index (χ1v) is 6.90. The molecule has 1 rings (SSSR count). The normalized spacial score (nSPS) is 13.7. The summed E-state index contributed by atoms with van der Waals surface area (Å²) < 4.78 is 4.11. The summed E-state index contributed by atoms with van der Waals surface area (Å²) in [5.74, 6) is 1.03. The number of hydrogen-bond acceptors (Lipinski definition) is 4. The van der Waals surface area contributed by atoms with Crippen LogP contribution in [0, 0.1) is 5.92 Å². The van der Waals surface area contributed by atoms with Crippen molar-refractivity contribution in [3.05, 3.63) is 10.6 Å². The summed E-state index contributed by atoms with van der Waals surface area (Å²) in [5.41, 5.74) is 1.16. The van der Waals surface area contributed by atoms with Gasteiger partial charge in [0.25, 0.3) is 0 Å². The minimum Gasteiger partial charge on any atom is -0.309 e. The fraction of sp³-hybridized carbons (Fsp3) is 0.833. The molecule has 0 aliphatic rings. The van der Waals surface area contributed by atoms with E-state index in [2.05, 4.69) is 49.5 Å². The Morgan fingerprint density at radius 1 is 1.25 bits per heavy atom. The third-order valence-corrected chi connectivity index (χ3v) is 3.47. The van der Waals surface area contributed by atoms with Crippen LogP contribution in [0.15, 0.2) is 0 Å². The molecule has 92 valence electrons. The number of aromatic nitrogens is 2. The zero-order valence-corrected chi connectivity index (χ0v) is 11.8. The van der Waals surface area contributed by atoms with E-state index in [1.165, 1.54) is 4.88 Å². The van der Waals surface area contributed by atoms with E-state index in [-0.39, 0.29) is 0 Å². The van der Waals surface area contributed by atoms with Crippen LogP contribution in [-0.2, 0) is 0 Å². The molecular formula is C12H23N3S. The van der Waals surface area contributed by atoms with Crippen molar-refractivity contribution >= 4 is 11.5 Å². The molecule has 0 bridgehead atoms. The molecule has 1 atom stereocenters. The van der Waals surface area contributed by atoms with E-state index in [4.69, 9.17) is 0 Å². The molecule has 4 heteroatoms. The van der Waals surface area contributed by atoms with Crippen molar-refractivity contribution in [1.29, 1.82) is 0 Å². The Bertz CT molecular complexity index is 307. The van der Waals surface area contributed by atoms with Crippen LogP contribution in [0.25, 0.3) is 0 Å². The van der Waals surface area contributed by atoms with Crippen molar-refractivity contribution in [2.75, 3.05) is 6.54 Å². The Morgan fingerprint density at radius 2 is 1.94 bits per heavy atom. The van der Waals surface area contributed by atoms with Crippen LogP contribution < -0.4 is 5.32 Å². The van der Waals surface area contributed by atoms with Gasteiger partial charge in [0.1, 0.15) is 0 Å². The molecule has 0 aromatic carbocycles. The fourth-order valence-corrected chi connectivity index (χ4v) is 2.81. The molecule has 1 aromatic rings. The Labute approximate surface area is 103 Å². The van der Waals surface area contributed by atoms with Crippen LogP contribution in [0.4, 0.5) is 0 Å². The number of rotatable bonds is 6. The highest BCUT2D eigenvalue weighted by Crippen LogP contribution is 2.30. The molecule has 1 heterocycles. The molecule has 0 saturated heterocycles. The van der Waals surface area contributed by atoms with Gasteiger partial charge in [-0.05, 0) is 36.3 Å². The Kier molecular flexibility index (Phi) is 5.35. The van der Waals surface area contributed by atoms with Crippen LogP contribution in [0.3, 0.4) is 0 Å². The predicted octanol–water partition coefficient (Wildman–Crippen LogP) is 3.36. The van der Waals surface area contributed by atoms with Gasteiger partial charge < -0.3 is 5.32 Å². The molecule has 1 aromatic heterocycles. The second-order valence-corrected chi connectivity index (χ2v) is 5.64. The Balaban J connectivity index is 2.87. The summed E-state index contributed by atoms with van der Waals surface area (Å²) in [6, 6.07) is 0.400. The first kappa shape index (κ1) is 13.6. The summed E-state index contributed by atoms with van der Waals surface area (Å²) in [6.45, 7) is 12.1. The van der Waals surface area contributed by atoms with Gasteiger partial charge in [-0.2, -0.15) is 0 Å². The summed E-state index contributed by atoms with van der Waals surface area (Å²) in [7, 11) is 0. The molecule has 3 nitrogen and oxygen atoms in total. The quantitative estimate of drug-likeness (QED) is 0.830. The van der Waals surface area contributed by atoms with Gasteiger partial charge in [0.15, 0.2) is 0 Å². The van der Waals surface area contributed by atoms with Crippen LogP contribution in [0.5, 0.6) is 0 Å². The predicted molar refractivity (Wildman–Crippen MR) is 69.9 cm³/mol. The van der Waals surface area contributed by atoms with Crippen molar-refractivity contribution in [3.63, 3.8) is 0 Å². The van der Waals surface area contributed by atoms with E-state index in [0.717, 1.165) is 18.7 Å². The molecule has 0 aliphatic heterocycles. The lowest BCUT2D eigenvalue weighted by molar-refractivity contribution is 0.414. The van der Waals surface area contributed by atoms with Crippen molar-refractivity contribution in [1.82, 2.24) is 14.9 Å². The van der Waals surface area contributed by atoms with Crippen molar-refractivity contribution in [2.45, 2.75) is 53.0 Å². The van der Waals surface area contributed by atoms with Gasteiger partial charge >= 0.3 is 0 Å². The molecule has 0 aliphatic carbocycles. The second kappa shape index (κ2) is 6.30. The zero-order chi connectivity index (χ0) is 12.1. The fourth-order valence-electron chi connectivity index (χ4n) is 1.75. The summed E-state index contributed by atoms with van der Waals surface area (Å²) in [4.78, 5) is 1.32. The number of nitrogens with zero attached hydrogens (tertiary/aromatic N) is 2. The monoisotopic (exact) mass is 241 g/mol. The van der Waals surface area contributed by atoms with Gasteiger partial charge in [0, 0.05) is 6.04 Å². The van der Waals surface area contributed by atoms with Gasteiger partial charge in [-0.25, -0.2) is 0 Å². The van der Waals surface area contributed by atoms with Crippen molar-refractivity contribution in [2.24, 2.45) is 5.92 Å². The summed E-state index contributed by atoms with van der Waals surface area (Å²) >= 11 is 1.54. The molecule has 0 fully saturated rings. The Morgan fingerprint density at radius 3 is 2.44 bits per heavy atom. The lowest BCUT2D eigenvalue weighted by Gasteiger charge is -2.22. The average molecular weight is 241 g/mol. The second-order valence-electron chi connectivity index (χ2n) is 4.85. The van der Waals surface area contributed by atoms with E-state index >= 15 is 0 Å². The zero-order valence-electron chi connectivity index (χ0n) is 10.9. The van der Waals surface area contributed by atoms with Crippen LogP contribution >= 0.6 is 11.5 Å². The third kappa shape index (κ3) is 3.25. The smallest absolute Gasteiger partial charge is 0.0829 e. The standard InChI is InChI=1S/C12H23N3S/c1-6-7-13-10(8(2)3)12-11(9(4)5)14-15-16-12/h8-10,13H,6-7H2,1-5H3. The van der Waals surface area contributed by atoms with E-state index < -0.39 is 0 Å². The lowest BCUT2D eigenvalue weighted by atomic mass is 9.98. The first-order chi connectivity index (χ1) is 7.57. The maximum atomic E-state index is 4.26. The topological polar surface area (TPSA) is 37.8 Å².